The number of hydrogen-bond donors (Lipinski definition) is 2. The van der Waals surface area contributed by atoms with E-state index >= 15 is 0 Å². The lowest BCUT2D eigenvalue weighted by Crippen LogP contribution is -2.48. The topological polar surface area (TPSA) is 141 Å². The van der Waals surface area contributed by atoms with Crippen LogP contribution < -0.4 is 10.1 Å². The molecular weight excluding hydrogens is 588 g/mol. The molecule has 10 heteroatoms. The first-order valence-corrected chi connectivity index (χ1v) is 16.6. The quantitative estimate of drug-likeness (QED) is 0.197. The largest absolute Gasteiger partial charge is 0.496 e. The molecule has 10 nitrogen and oxygen atoms in total. The third-order valence-corrected chi connectivity index (χ3v) is 9.51. The summed E-state index contributed by atoms with van der Waals surface area (Å²) in [5, 5.41) is 3.65. The van der Waals surface area contributed by atoms with Gasteiger partial charge in [0.2, 0.25) is 5.91 Å². The van der Waals surface area contributed by atoms with Crippen molar-refractivity contribution >= 4 is 40.1 Å². The van der Waals surface area contributed by atoms with Gasteiger partial charge in [0.25, 0.3) is 0 Å². The molecule has 1 amide bonds. The highest BCUT2D eigenvalue weighted by molar-refractivity contribution is 6.02. The molecule has 0 spiro atoms. The SMILES string of the molecule is COc1cccc2[nH]c(C(=O)C[C@@H](CC(C)C)C(=O)N[C@@H](C[C@@H]3CCCCC3=O)C(=O)COC(=O)C3(C)CCC(C)(C)OC3)cc12. The Kier molecular flexibility index (Phi) is 11.5. The van der Waals surface area contributed by atoms with Gasteiger partial charge in [-0.15, -0.1) is 0 Å². The number of aromatic nitrogens is 1. The normalized spacial score (nSPS) is 22.7. The van der Waals surface area contributed by atoms with Crippen molar-refractivity contribution in [2.75, 3.05) is 20.3 Å². The number of H-pyrrole nitrogens is 1. The van der Waals surface area contributed by atoms with Crippen LogP contribution in [0.15, 0.2) is 24.3 Å². The highest BCUT2D eigenvalue weighted by atomic mass is 16.5. The number of rotatable bonds is 14. The molecule has 46 heavy (non-hydrogen) atoms. The second-order valence-corrected chi connectivity index (χ2v) is 14.4. The number of aromatic amines is 1. The summed E-state index contributed by atoms with van der Waals surface area (Å²) in [7, 11) is 1.57. The van der Waals surface area contributed by atoms with E-state index < -0.39 is 41.6 Å². The summed E-state index contributed by atoms with van der Waals surface area (Å²) in [5.74, 6) is -1.91. The number of amides is 1. The van der Waals surface area contributed by atoms with E-state index in [-0.39, 0.29) is 48.5 Å². The number of fused-ring (bicyclic) bond motifs is 1. The van der Waals surface area contributed by atoms with Crippen molar-refractivity contribution in [1.29, 1.82) is 0 Å². The Morgan fingerprint density at radius 2 is 1.87 bits per heavy atom. The van der Waals surface area contributed by atoms with Gasteiger partial charge in [-0.1, -0.05) is 26.3 Å². The summed E-state index contributed by atoms with van der Waals surface area (Å²) in [6.07, 6.45) is 4.52. The predicted molar refractivity (Wildman–Crippen MR) is 174 cm³/mol. The molecule has 252 valence electrons. The van der Waals surface area contributed by atoms with Crippen molar-refractivity contribution < 1.29 is 38.2 Å². The Morgan fingerprint density at radius 1 is 1.11 bits per heavy atom. The average Bonchev–Trinajstić information content (AvgIpc) is 3.46. The Morgan fingerprint density at radius 3 is 2.52 bits per heavy atom. The van der Waals surface area contributed by atoms with Crippen LogP contribution in [0.3, 0.4) is 0 Å². The number of esters is 1. The number of carbonyl (C=O) groups excluding carboxylic acids is 5. The van der Waals surface area contributed by atoms with Crippen LogP contribution in [0.4, 0.5) is 0 Å². The molecule has 2 N–H and O–H groups in total. The zero-order chi connectivity index (χ0) is 33.6. The van der Waals surface area contributed by atoms with Gasteiger partial charge in [-0.3, -0.25) is 24.0 Å². The fourth-order valence-electron chi connectivity index (χ4n) is 6.44. The highest BCUT2D eigenvalue weighted by Crippen LogP contribution is 2.37. The van der Waals surface area contributed by atoms with Crippen LogP contribution in [0.2, 0.25) is 0 Å². The lowest BCUT2D eigenvalue weighted by Gasteiger charge is -2.39. The van der Waals surface area contributed by atoms with Crippen LogP contribution in [-0.4, -0.2) is 66.2 Å². The van der Waals surface area contributed by atoms with Crippen molar-refractivity contribution in [1.82, 2.24) is 10.3 Å². The Balaban J connectivity index is 1.48. The van der Waals surface area contributed by atoms with Gasteiger partial charge in [0, 0.05) is 35.6 Å². The second kappa shape index (κ2) is 14.9. The molecule has 4 rings (SSSR count). The molecule has 1 aromatic heterocycles. The van der Waals surface area contributed by atoms with Crippen LogP contribution >= 0.6 is 0 Å². The van der Waals surface area contributed by atoms with E-state index in [2.05, 4.69) is 10.3 Å². The van der Waals surface area contributed by atoms with E-state index in [0.717, 1.165) is 23.7 Å². The first-order valence-electron chi connectivity index (χ1n) is 16.6. The van der Waals surface area contributed by atoms with Gasteiger partial charge in [-0.2, -0.15) is 0 Å². The molecule has 0 bridgehead atoms. The van der Waals surface area contributed by atoms with Gasteiger partial charge in [0.15, 0.2) is 18.2 Å². The minimum atomic E-state index is -1.02. The summed E-state index contributed by atoms with van der Waals surface area (Å²) in [6, 6.07) is 6.20. The maximum absolute atomic E-state index is 13.8. The number of methoxy groups -OCH3 is 1. The Hall–Kier alpha value is -3.53. The summed E-state index contributed by atoms with van der Waals surface area (Å²) < 4.78 is 16.8. The second-order valence-electron chi connectivity index (χ2n) is 14.4. The molecular formula is C36H50N2O8. The van der Waals surface area contributed by atoms with Crippen molar-refractivity contribution in [3.05, 3.63) is 30.0 Å². The van der Waals surface area contributed by atoms with Crippen molar-refractivity contribution in [3.63, 3.8) is 0 Å². The zero-order valence-electron chi connectivity index (χ0n) is 28.2. The van der Waals surface area contributed by atoms with E-state index in [1.54, 1.807) is 20.1 Å². The molecule has 1 aliphatic carbocycles. The number of ether oxygens (including phenoxy) is 3. The summed E-state index contributed by atoms with van der Waals surface area (Å²) in [4.78, 5) is 69.8. The van der Waals surface area contributed by atoms with Crippen LogP contribution in [0, 0.1) is 23.2 Å². The molecule has 2 heterocycles. The van der Waals surface area contributed by atoms with Crippen molar-refractivity contribution in [2.45, 2.75) is 104 Å². The minimum Gasteiger partial charge on any atom is -0.496 e. The third-order valence-electron chi connectivity index (χ3n) is 9.51. The number of ketones is 3. The van der Waals surface area contributed by atoms with E-state index in [1.165, 1.54) is 0 Å². The van der Waals surface area contributed by atoms with Gasteiger partial charge in [0.05, 0.1) is 36.5 Å². The summed E-state index contributed by atoms with van der Waals surface area (Å²) in [5.41, 5.74) is -0.0742. The molecule has 1 saturated heterocycles. The molecule has 1 saturated carbocycles. The molecule has 1 aliphatic heterocycles. The average molecular weight is 639 g/mol. The Bertz CT molecular complexity index is 1430. The van der Waals surface area contributed by atoms with Gasteiger partial charge < -0.3 is 24.5 Å². The number of Topliss-reactive ketones (excluding diaryl/α,β-unsaturated/α-hetero) is 3. The Labute approximate surface area is 271 Å². The summed E-state index contributed by atoms with van der Waals surface area (Å²) >= 11 is 0. The minimum absolute atomic E-state index is 0.0634. The van der Waals surface area contributed by atoms with Crippen molar-refractivity contribution in [2.24, 2.45) is 23.2 Å². The van der Waals surface area contributed by atoms with Gasteiger partial charge in [-0.25, -0.2) is 0 Å². The first kappa shape index (κ1) is 35.3. The van der Waals surface area contributed by atoms with Gasteiger partial charge in [0.1, 0.15) is 11.5 Å². The van der Waals surface area contributed by atoms with Gasteiger partial charge >= 0.3 is 5.97 Å². The number of hydrogen-bond acceptors (Lipinski definition) is 8. The number of benzene rings is 1. The number of nitrogens with one attached hydrogen (secondary N) is 2. The fourth-order valence-corrected chi connectivity index (χ4v) is 6.44. The predicted octanol–water partition coefficient (Wildman–Crippen LogP) is 5.75. The van der Waals surface area contributed by atoms with E-state index in [0.29, 0.717) is 43.5 Å². The van der Waals surface area contributed by atoms with Crippen LogP contribution in [-0.2, 0) is 28.7 Å². The van der Waals surface area contributed by atoms with E-state index in [9.17, 15) is 24.0 Å². The standard InChI is InChI=1S/C36H50N2O8/c1-22(2)16-24(18-30(40)28-19-25-26(37-28)11-9-13-32(25)44-6)33(42)38-27(17-23-10-7-8-12-29(23)39)31(41)20-45-34(43)36(5)15-14-35(3,4)46-21-36/h9,11,13,19,22-24,27,37H,7-8,10,12,14-18,20-21H2,1-6H3,(H,38,42)/t23-,24+,27-,36?/m0/s1. The molecule has 2 fully saturated rings. The smallest absolute Gasteiger partial charge is 0.314 e. The van der Waals surface area contributed by atoms with Crippen LogP contribution in [0.5, 0.6) is 5.75 Å². The molecule has 1 unspecified atom stereocenters. The van der Waals surface area contributed by atoms with Crippen LogP contribution in [0.1, 0.15) is 103 Å². The monoisotopic (exact) mass is 638 g/mol. The first-order chi connectivity index (χ1) is 21.7. The maximum atomic E-state index is 13.8. The highest BCUT2D eigenvalue weighted by Gasteiger charge is 2.43. The maximum Gasteiger partial charge on any atom is 0.314 e. The van der Waals surface area contributed by atoms with Crippen molar-refractivity contribution in [3.8, 4) is 5.75 Å². The van der Waals surface area contributed by atoms with E-state index in [4.69, 9.17) is 14.2 Å². The molecule has 2 aromatic rings. The molecule has 2 aliphatic rings. The van der Waals surface area contributed by atoms with Crippen LogP contribution in [0.25, 0.3) is 10.9 Å². The molecule has 4 atom stereocenters. The number of carbonyl (C=O) groups is 5. The lowest BCUT2D eigenvalue weighted by atomic mass is 9.80. The van der Waals surface area contributed by atoms with Gasteiger partial charge in [-0.05, 0) is 83.4 Å². The molecule has 1 aromatic carbocycles. The fraction of sp³-hybridized carbons (Fsp3) is 0.639. The molecule has 0 radical (unpaired) electrons. The third kappa shape index (κ3) is 8.84. The lowest BCUT2D eigenvalue weighted by molar-refractivity contribution is -0.174. The summed E-state index contributed by atoms with van der Waals surface area (Å²) in [6.45, 7) is 9.32. The zero-order valence-corrected chi connectivity index (χ0v) is 28.2. The van der Waals surface area contributed by atoms with E-state index in [1.807, 2.05) is 45.9 Å².